The van der Waals surface area contributed by atoms with Crippen molar-refractivity contribution >= 4 is 5.91 Å². The molecule has 144 valence electrons. The van der Waals surface area contributed by atoms with E-state index in [4.69, 9.17) is 4.74 Å². The van der Waals surface area contributed by atoms with Crippen LogP contribution in [-0.4, -0.2) is 37.0 Å². The van der Waals surface area contributed by atoms with Crippen LogP contribution in [0.5, 0.6) is 5.75 Å². The number of amides is 1. The Hall–Kier alpha value is -2.33. The number of carbonyl (C=O) groups excluding carboxylic acids is 1. The number of piperidine rings is 1. The molecule has 0 unspecified atom stereocenters. The van der Waals surface area contributed by atoms with E-state index in [9.17, 15) is 4.79 Å². The van der Waals surface area contributed by atoms with E-state index in [0.717, 1.165) is 18.7 Å². The topological polar surface area (TPSA) is 41.6 Å². The summed E-state index contributed by atoms with van der Waals surface area (Å²) in [4.78, 5) is 14.8. The van der Waals surface area contributed by atoms with Gasteiger partial charge in [-0.05, 0) is 67.7 Å². The molecule has 0 atom stereocenters. The predicted molar refractivity (Wildman–Crippen MR) is 109 cm³/mol. The zero-order valence-corrected chi connectivity index (χ0v) is 16.2. The average molecular weight is 367 g/mol. The summed E-state index contributed by atoms with van der Waals surface area (Å²) in [5.74, 6) is 0.785. The van der Waals surface area contributed by atoms with Gasteiger partial charge >= 0.3 is 0 Å². The quantitative estimate of drug-likeness (QED) is 0.717. The molecule has 27 heavy (non-hydrogen) atoms. The van der Waals surface area contributed by atoms with Gasteiger partial charge in [-0.25, -0.2) is 0 Å². The van der Waals surface area contributed by atoms with Gasteiger partial charge in [0.1, 0.15) is 12.4 Å². The number of ether oxygens (including phenoxy) is 1. The molecule has 0 aromatic heterocycles. The zero-order valence-electron chi connectivity index (χ0n) is 16.2. The fourth-order valence-corrected chi connectivity index (χ4v) is 3.39. The summed E-state index contributed by atoms with van der Waals surface area (Å²) < 4.78 is 5.68. The fraction of sp³-hybridized carbons (Fsp3) is 0.435. The highest BCUT2D eigenvalue weighted by molar-refractivity contribution is 5.94. The molecule has 4 heteroatoms. The lowest BCUT2D eigenvalue weighted by atomic mass is 10.1. The monoisotopic (exact) mass is 366 g/mol. The maximum Gasteiger partial charge on any atom is 0.251 e. The summed E-state index contributed by atoms with van der Waals surface area (Å²) in [6, 6.07) is 16.0. The van der Waals surface area contributed by atoms with Gasteiger partial charge in [-0.2, -0.15) is 0 Å². The summed E-state index contributed by atoms with van der Waals surface area (Å²) in [6.07, 6.45) is 4.97. The molecule has 0 aliphatic carbocycles. The highest BCUT2D eigenvalue weighted by Crippen LogP contribution is 2.14. The molecule has 0 bridgehead atoms. The van der Waals surface area contributed by atoms with Gasteiger partial charge in [-0.1, -0.05) is 37.6 Å². The molecular weight excluding hydrogens is 336 g/mol. The Kier molecular flexibility index (Phi) is 7.28. The van der Waals surface area contributed by atoms with Crippen LogP contribution in [0.15, 0.2) is 48.5 Å². The molecule has 1 aliphatic heterocycles. The van der Waals surface area contributed by atoms with Gasteiger partial charge in [0.2, 0.25) is 0 Å². The number of nitrogens with zero attached hydrogens (tertiary/aromatic N) is 1. The van der Waals surface area contributed by atoms with Crippen molar-refractivity contribution in [3.05, 3.63) is 65.2 Å². The second-order valence-electron chi connectivity index (χ2n) is 7.14. The van der Waals surface area contributed by atoms with E-state index in [2.05, 4.69) is 41.4 Å². The molecular formula is C23H30N2O2. The average Bonchev–Trinajstić information content (AvgIpc) is 2.73. The Balaban J connectivity index is 1.39. The lowest BCUT2D eigenvalue weighted by Crippen LogP contribution is -2.29. The van der Waals surface area contributed by atoms with Gasteiger partial charge in [-0.3, -0.25) is 9.69 Å². The highest BCUT2D eigenvalue weighted by atomic mass is 16.5. The number of benzene rings is 2. The third-order valence-corrected chi connectivity index (χ3v) is 5.06. The van der Waals surface area contributed by atoms with Crippen LogP contribution in [0, 0.1) is 0 Å². The van der Waals surface area contributed by atoms with E-state index in [1.54, 1.807) is 0 Å². The first-order valence-corrected chi connectivity index (χ1v) is 10.1. The van der Waals surface area contributed by atoms with Crippen molar-refractivity contribution in [2.24, 2.45) is 0 Å². The molecule has 1 fully saturated rings. The first-order valence-electron chi connectivity index (χ1n) is 10.1. The number of aryl methyl sites for hydroxylation is 1. The second kappa shape index (κ2) is 10.1. The Bertz CT molecular complexity index is 704. The number of carbonyl (C=O) groups is 1. The smallest absolute Gasteiger partial charge is 0.251 e. The van der Waals surface area contributed by atoms with Gasteiger partial charge < -0.3 is 10.1 Å². The summed E-state index contributed by atoms with van der Waals surface area (Å²) in [7, 11) is 0. The van der Waals surface area contributed by atoms with Gasteiger partial charge in [0.25, 0.3) is 5.91 Å². The maximum atomic E-state index is 12.3. The molecule has 4 nitrogen and oxygen atoms in total. The summed E-state index contributed by atoms with van der Waals surface area (Å²) in [6.45, 7) is 6.43. The van der Waals surface area contributed by atoms with E-state index >= 15 is 0 Å². The third kappa shape index (κ3) is 6.10. The number of likely N-dealkylation sites (tertiary alicyclic amines) is 1. The Morgan fingerprint density at radius 2 is 1.63 bits per heavy atom. The van der Waals surface area contributed by atoms with Crippen molar-refractivity contribution in [2.45, 2.75) is 39.2 Å². The predicted octanol–water partition coefficient (Wildman–Crippen LogP) is 4.04. The summed E-state index contributed by atoms with van der Waals surface area (Å²) in [5, 5.41) is 2.92. The fourth-order valence-electron chi connectivity index (χ4n) is 3.39. The van der Waals surface area contributed by atoms with Gasteiger partial charge in [0.15, 0.2) is 0 Å². The maximum absolute atomic E-state index is 12.3. The third-order valence-electron chi connectivity index (χ3n) is 5.06. The van der Waals surface area contributed by atoms with Crippen LogP contribution in [0.25, 0.3) is 0 Å². The van der Waals surface area contributed by atoms with Crippen LogP contribution in [0.4, 0.5) is 0 Å². The first kappa shape index (κ1) is 19.4. The molecule has 3 rings (SSSR count). The largest absolute Gasteiger partial charge is 0.492 e. The van der Waals surface area contributed by atoms with Crippen LogP contribution in [0.3, 0.4) is 0 Å². The minimum Gasteiger partial charge on any atom is -0.492 e. The van der Waals surface area contributed by atoms with Gasteiger partial charge in [-0.15, -0.1) is 0 Å². The Labute approximate surface area is 162 Å². The molecule has 2 aromatic carbocycles. The first-order chi connectivity index (χ1) is 13.2. The number of hydrogen-bond donors (Lipinski definition) is 1. The molecule has 1 amide bonds. The number of rotatable bonds is 8. The van der Waals surface area contributed by atoms with Crippen LogP contribution in [0.2, 0.25) is 0 Å². The Morgan fingerprint density at radius 1 is 0.963 bits per heavy atom. The molecule has 1 saturated heterocycles. The number of nitrogens with one attached hydrogen (secondary N) is 1. The van der Waals surface area contributed by atoms with Crippen LogP contribution in [0.1, 0.15) is 47.7 Å². The Morgan fingerprint density at radius 3 is 2.30 bits per heavy atom. The summed E-state index contributed by atoms with van der Waals surface area (Å²) in [5.41, 5.74) is 3.26. The van der Waals surface area contributed by atoms with E-state index in [1.807, 2.05) is 24.3 Å². The van der Waals surface area contributed by atoms with Crippen molar-refractivity contribution in [1.29, 1.82) is 0 Å². The van der Waals surface area contributed by atoms with Crippen LogP contribution < -0.4 is 10.1 Å². The lowest BCUT2D eigenvalue weighted by molar-refractivity contribution is 0.0947. The molecule has 0 radical (unpaired) electrons. The highest BCUT2D eigenvalue weighted by Gasteiger charge is 2.11. The second-order valence-corrected chi connectivity index (χ2v) is 7.14. The van der Waals surface area contributed by atoms with E-state index in [-0.39, 0.29) is 5.91 Å². The van der Waals surface area contributed by atoms with Gasteiger partial charge in [0.05, 0.1) is 6.54 Å². The van der Waals surface area contributed by atoms with Crippen LogP contribution >= 0.6 is 0 Å². The SMILES string of the molecule is CCc1ccc(OCCNC(=O)c2ccc(CN3CCCCC3)cc2)cc1. The van der Waals surface area contributed by atoms with Crippen molar-refractivity contribution < 1.29 is 9.53 Å². The standard InChI is InChI=1S/C23H30N2O2/c1-2-19-8-12-22(13-9-19)27-17-14-24-23(26)21-10-6-20(7-11-21)18-25-15-4-3-5-16-25/h6-13H,2-5,14-18H2,1H3,(H,24,26). The summed E-state index contributed by atoms with van der Waals surface area (Å²) >= 11 is 0. The van der Waals surface area contributed by atoms with Crippen LogP contribution in [-0.2, 0) is 13.0 Å². The van der Waals surface area contributed by atoms with E-state index < -0.39 is 0 Å². The molecule has 1 heterocycles. The molecule has 1 N–H and O–H groups in total. The van der Waals surface area contributed by atoms with Gasteiger partial charge in [0, 0.05) is 12.1 Å². The van der Waals surface area contributed by atoms with Crippen molar-refractivity contribution in [1.82, 2.24) is 10.2 Å². The van der Waals surface area contributed by atoms with Crippen molar-refractivity contribution in [2.75, 3.05) is 26.2 Å². The molecule has 2 aromatic rings. The van der Waals surface area contributed by atoms with E-state index in [1.165, 1.54) is 43.5 Å². The molecule has 0 spiro atoms. The van der Waals surface area contributed by atoms with E-state index in [0.29, 0.717) is 18.7 Å². The zero-order chi connectivity index (χ0) is 18.9. The molecule has 0 saturated carbocycles. The van der Waals surface area contributed by atoms with Crippen molar-refractivity contribution in [3.63, 3.8) is 0 Å². The minimum atomic E-state index is -0.0514. The molecule has 1 aliphatic rings. The minimum absolute atomic E-state index is 0.0514. The normalized spacial score (nSPS) is 14.7. The lowest BCUT2D eigenvalue weighted by Gasteiger charge is -2.26. The van der Waals surface area contributed by atoms with Crippen molar-refractivity contribution in [3.8, 4) is 5.75 Å². The number of hydrogen-bond acceptors (Lipinski definition) is 3.